The van der Waals surface area contributed by atoms with Crippen molar-refractivity contribution in [3.63, 3.8) is 0 Å². The predicted octanol–water partition coefficient (Wildman–Crippen LogP) is 2.85. The Hall–Kier alpha value is -1.35. The van der Waals surface area contributed by atoms with Crippen LogP contribution in [0, 0.1) is 0 Å². The van der Waals surface area contributed by atoms with Gasteiger partial charge in [-0.15, -0.1) is 0 Å². The number of benzene rings is 1. The lowest BCUT2D eigenvalue weighted by molar-refractivity contribution is -0.144. The van der Waals surface area contributed by atoms with Crippen LogP contribution in [0.2, 0.25) is 0 Å². The van der Waals surface area contributed by atoms with E-state index in [-0.39, 0.29) is 12.0 Å². The summed E-state index contributed by atoms with van der Waals surface area (Å²) in [5, 5.41) is 0. The Morgan fingerprint density at radius 3 is 2.50 bits per heavy atom. The molecule has 0 bridgehead atoms. The lowest BCUT2D eigenvalue weighted by Crippen LogP contribution is -2.34. The molecule has 1 atom stereocenters. The van der Waals surface area contributed by atoms with E-state index in [4.69, 9.17) is 4.74 Å². The zero-order chi connectivity index (χ0) is 13.4. The third-order valence-corrected chi connectivity index (χ3v) is 3.03. The summed E-state index contributed by atoms with van der Waals surface area (Å²) in [6.45, 7) is 8.28. The Morgan fingerprint density at radius 2 is 1.94 bits per heavy atom. The van der Waals surface area contributed by atoms with Crippen molar-refractivity contribution in [2.45, 2.75) is 39.8 Å². The zero-order valence-electron chi connectivity index (χ0n) is 11.6. The average molecular weight is 249 g/mol. The van der Waals surface area contributed by atoms with Crippen molar-refractivity contribution in [3.05, 3.63) is 35.9 Å². The summed E-state index contributed by atoms with van der Waals surface area (Å²) >= 11 is 0. The number of carbonyl (C=O) groups is 1. The number of hydrogen-bond donors (Lipinski definition) is 0. The first-order chi connectivity index (χ1) is 8.67. The van der Waals surface area contributed by atoms with Crippen molar-refractivity contribution in [1.82, 2.24) is 4.90 Å². The molecule has 1 aromatic rings. The van der Waals surface area contributed by atoms with Gasteiger partial charge in [-0.3, -0.25) is 9.69 Å². The van der Waals surface area contributed by atoms with Crippen molar-refractivity contribution in [3.8, 4) is 0 Å². The van der Waals surface area contributed by atoms with Crippen LogP contribution in [0.15, 0.2) is 30.3 Å². The molecule has 100 valence electrons. The molecule has 1 unspecified atom stereocenters. The molecule has 0 heterocycles. The van der Waals surface area contributed by atoms with Gasteiger partial charge < -0.3 is 4.74 Å². The molecule has 0 aliphatic carbocycles. The maximum absolute atomic E-state index is 11.5. The molecule has 0 aliphatic rings. The van der Waals surface area contributed by atoms with Crippen LogP contribution in [0.1, 0.15) is 32.8 Å². The predicted molar refractivity (Wildman–Crippen MR) is 73.2 cm³/mol. The number of nitrogens with zero attached hydrogens (tertiary/aromatic N) is 1. The van der Waals surface area contributed by atoms with E-state index >= 15 is 0 Å². The minimum atomic E-state index is -0.114. The van der Waals surface area contributed by atoms with E-state index in [2.05, 4.69) is 30.9 Å². The maximum atomic E-state index is 11.5. The fourth-order valence-electron chi connectivity index (χ4n) is 1.99. The summed E-state index contributed by atoms with van der Waals surface area (Å²) in [5.41, 5.74) is 1.27. The lowest BCUT2D eigenvalue weighted by Gasteiger charge is -2.27. The van der Waals surface area contributed by atoms with Gasteiger partial charge >= 0.3 is 5.97 Å². The molecule has 0 aromatic heterocycles. The van der Waals surface area contributed by atoms with E-state index in [0.717, 1.165) is 13.1 Å². The van der Waals surface area contributed by atoms with Crippen molar-refractivity contribution >= 4 is 5.97 Å². The van der Waals surface area contributed by atoms with E-state index in [1.165, 1.54) is 5.56 Å². The van der Waals surface area contributed by atoms with E-state index in [1.807, 2.05) is 25.1 Å². The van der Waals surface area contributed by atoms with Crippen molar-refractivity contribution in [2.75, 3.05) is 13.2 Å². The molecule has 0 N–H and O–H groups in total. The van der Waals surface area contributed by atoms with E-state index in [0.29, 0.717) is 13.0 Å². The number of ether oxygens (including phenoxy) is 1. The number of hydrogen-bond acceptors (Lipinski definition) is 3. The fourth-order valence-corrected chi connectivity index (χ4v) is 1.99. The highest BCUT2D eigenvalue weighted by Gasteiger charge is 2.16. The topological polar surface area (TPSA) is 29.5 Å². The van der Waals surface area contributed by atoms with Gasteiger partial charge in [0.2, 0.25) is 0 Å². The van der Waals surface area contributed by atoms with Gasteiger partial charge in [0, 0.05) is 12.6 Å². The smallest absolute Gasteiger partial charge is 0.307 e. The molecule has 3 nitrogen and oxygen atoms in total. The molecule has 0 saturated heterocycles. The van der Waals surface area contributed by atoms with Crippen LogP contribution >= 0.6 is 0 Å². The summed E-state index contributed by atoms with van der Waals surface area (Å²) in [5.74, 6) is -0.114. The first-order valence-corrected chi connectivity index (χ1v) is 6.61. The second-order valence-electron chi connectivity index (χ2n) is 4.41. The van der Waals surface area contributed by atoms with Crippen molar-refractivity contribution in [1.29, 1.82) is 0 Å². The molecule has 0 radical (unpaired) electrons. The summed E-state index contributed by atoms with van der Waals surface area (Å²) < 4.78 is 4.99. The zero-order valence-corrected chi connectivity index (χ0v) is 11.6. The number of esters is 1. The Bertz CT molecular complexity index is 351. The first-order valence-electron chi connectivity index (χ1n) is 6.61. The molecule has 0 amide bonds. The molecule has 1 aromatic carbocycles. The first kappa shape index (κ1) is 14.7. The van der Waals surface area contributed by atoms with Gasteiger partial charge in [-0.25, -0.2) is 0 Å². The monoisotopic (exact) mass is 249 g/mol. The van der Waals surface area contributed by atoms with Crippen molar-refractivity contribution < 1.29 is 9.53 Å². The Labute approximate surface area is 110 Å². The molecule has 0 saturated carbocycles. The second-order valence-corrected chi connectivity index (χ2v) is 4.41. The third-order valence-electron chi connectivity index (χ3n) is 3.03. The summed E-state index contributed by atoms with van der Waals surface area (Å²) in [6.07, 6.45) is 0.453. The molecular formula is C15H23NO2. The van der Waals surface area contributed by atoms with Crippen LogP contribution in [0.4, 0.5) is 0 Å². The van der Waals surface area contributed by atoms with Crippen LogP contribution in [0.25, 0.3) is 0 Å². The highest BCUT2D eigenvalue weighted by molar-refractivity contribution is 5.70. The molecule has 0 fully saturated rings. The molecule has 0 spiro atoms. The Morgan fingerprint density at radius 1 is 1.28 bits per heavy atom. The van der Waals surface area contributed by atoms with Crippen LogP contribution in [-0.4, -0.2) is 30.1 Å². The van der Waals surface area contributed by atoms with Gasteiger partial charge in [0.1, 0.15) is 0 Å². The van der Waals surface area contributed by atoms with Crippen molar-refractivity contribution in [2.24, 2.45) is 0 Å². The molecular weight excluding hydrogens is 226 g/mol. The minimum Gasteiger partial charge on any atom is -0.466 e. The van der Waals surface area contributed by atoms with Crippen LogP contribution < -0.4 is 0 Å². The Balaban J connectivity index is 2.52. The van der Waals surface area contributed by atoms with Gasteiger partial charge in [-0.05, 0) is 26.0 Å². The number of carbonyl (C=O) groups excluding carboxylic acids is 1. The van der Waals surface area contributed by atoms with Gasteiger partial charge in [0.25, 0.3) is 0 Å². The summed E-state index contributed by atoms with van der Waals surface area (Å²) in [7, 11) is 0. The Kier molecular flexibility index (Phi) is 6.44. The molecule has 0 aliphatic heterocycles. The molecule has 18 heavy (non-hydrogen) atoms. The highest BCUT2D eigenvalue weighted by Crippen LogP contribution is 2.10. The normalized spacial score (nSPS) is 12.4. The van der Waals surface area contributed by atoms with Crippen LogP contribution in [0.3, 0.4) is 0 Å². The SMILES string of the molecule is CCOC(=O)CC(C)N(CC)Cc1ccccc1. The van der Waals surface area contributed by atoms with E-state index in [9.17, 15) is 4.79 Å². The fraction of sp³-hybridized carbons (Fsp3) is 0.533. The molecule has 1 rings (SSSR count). The average Bonchev–Trinajstić information content (AvgIpc) is 2.37. The lowest BCUT2D eigenvalue weighted by atomic mass is 10.1. The van der Waals surface area contributed by atoms with Crippen LogP contribution in [0.5, 0.6) is 0 Å². The van der Waals surface area contributed by atoms with E-state index < -0.39 is 0 Å². The third kappa shape index (κ3) is 4.88. The van der Waals surface area contributed by atoms with Crippen LogP contribution in [-0.2, 0) is 16.1 Å². The van der Waals surface area contributed by atoms with Gasteiger partial charge in [-0.2, -0.15) is 0 Å². The van der Waals surface area contributed by atoms with Gasteiger partial charge in [0.05, 0.1) is 13.0 Å². The minimum absolute atomic E-state index is 0.114. The number of rotatable bonds is 7. The van der Waals surface area contributed by atoms with E-state index in [1.54, 1.807) is 0 Å². The maximum Gasteiger partial charge on any atom is 0.307 e. The second kappa shape index (κ2) is 7.88. The highest BCUT2D eigenvalue weighted by atomic mass is 16.5. The molecule has 3 heteroatoms. The standard InChI is InChI=1S/C15H23NO2/c1-4-16(12-14-9-7-6-8-10-14)13(3)11-15(17)18-5-2/h6-10,13H,4-5,11-12H2,1-3H3. The van der Waals surface area contributed by atoms with Gasteiger partial charge in [-0.1, -0.05) is 37.3 Å². The summed E-state index contributed by atoms with van der Waals surface area (Å²) in [4.78, 5) is 13.8. The largest absolute Gasteiger partial charge is 0.466 e. The quantitative estimate of drug-likeness (QED) is 0.696. The van der Waals surface area contributed by atoms with Gasteiger partial charge in [0.15, 0.2) is 0 Å². The summed E-state index contributed by atoms with van der Waals surface area (Å²) in [6, 6.07) is 10.5.